The Kier molecular flexibility index (Phi) is 26.5. The van der Waals surface area contributed by atoms with Crippen LogP contribution in [0.3, 0.4) is 0 Å². The molecule has 0 amide bonds. The zero-order valence-corrected chi connectivity index (χ0v) is 19.8. The van der Waals surface area contributed by atoms with Crippen LogP contribution in [0, 0.1) is 0 Å². The van der Waals surface area contributed by atoms with Crippen molar-refractivity contribution < 1.29 is 37.1 Å². The zero-order chi connectivity index (χ0) is 22.9. The average molecular weight is 460 g/mol. The highest BCUT2D eigenvalue weighted by Gasteiger charge is 2.12. The molecule has 0 rings (SSSR count). The summed E-state index contributed by atoms with van der Waals surface area (Å²) in [5, 5.41) is 25.5. The zero-order valence-electron chi connectivity index (χ0n) is 19.0. The van der Waals surface area contributed by atoms with E-state index in [1.165, 1.54) is 44.9 Å². The maximum Gasteiger partial charge on any atom is 0.426 e. The number of hydrogen-bond donors (Lipinski definition) is 3. The Morgan fingerprint density at radius 3 is 1.53 bits per heavy atom. The van der Waals surface area contributed by atoms with E-state index in [0.29, 0.717) is 19.6 Å². The lowest BCUT2D eigenvalue weighted by Gasteiger charge is -2.17. The fraction of sp³-hybridized carbons (Fsp3) is 1.00. The molecule has 9 nitrogen and oxygen atoms in total. The fourth-order valence-electron chi connectivity index (χ4n) is 2.64. The van der Waals surface area contributed by atoms with E-state index in [1.54, 1.807) is 11.8 Å². The minimum Gasteiger partial charge on any atom is -0.395 e. The molecule has 0 aromatic heterocycles. The van der Waals surface area contributed by atoms with Gasteiger partial charge < -0.3 is 15.3 Å². The van der Waals surface area contributed by atoms with Crippen molar-refractivity contribution in [1.82, 2.24) is 4.90 Å². The molecule has 0 spiro atoms. The van der Waals surface area contributed by atoms with Crippen LogP contribution in [0.4, 0.5) is 0 Å². The largest absolute Gasteiger partial charge is 0.426 e. The molecule has 3 N–H and O–H groups in total. The van der Waals surface area contributed by atoms with E-state index in [1.807, 2.05) is 0 Å². The number of nitrogens with zero attached hydrogens (tertiary/aromatic N) is 1. The second kappa shape index (κ2) is 24.9. The van der Waals surface area contributed by atoms with Gasteiger partial charge in [0.15, 0.2) is 0 Å². The molecule has 0 radical (unpaired) electrons. The maximum absolute atomic E-state index is 11.1. The van der Waals surface area contributed by atoms with Crippen molar-refractivity contribution in [2.45, 2.75) is 78.1 Å². The van der Waals surface area contributed by atoms with Crippen molar-refractivity contribution in [2.75, 3.05) is 52.7 Å². The smallest absolute Gasteiger partial charge is 0.395 e. The Hall–Kier alpha value is -0.330. The van der Waals surface area contributed by atoms with Crippen molar-refractivity contribution >= 4 is 10.4 Å². The SMILES string of the molecule is CCCCCCCCCCCCOS(=O)(=O)OOCC.OCCN(CCO)CCO. The molecule has 0 aliphatic rings. The molecule has 0 saturated carbocycles. The summed E-state index contributed by atoms with van der Waals surface area (Å²) in [6, 6.07) is 0. The first-order valence-corrected chi connectivity index (χ1v) is 12.6. The molecule has 0 aromatic carbocycles. The van der Waals surface area contributed by atoms with Gasteiger partial charge in [-0.1, -0.05) is 69.0 Å². The molecule has 30 heavy (non-hydrogen) atoms. The lowest BCUT2D eigenvalue weighted by Crippen LogP contribution is -2.32. The van der Waals surface area contributed by atoms with E-state index in [2.05, 4.69) is 20.3 Å². The second-order valence-electron chi connectivity index (χ2n) is 6.90. The van der Waals surface area contributed by atoms with Crippen molar-refractivity contribution in [1.29, 1.82) is 0 Å². The summed E-state index contributed by atoms with van der Waals surface area (Å²) in [6.07, 6.45) is 12.0. The number of hydrogen-bond acceptors (Lipinski definition) is 9. The third-order valence-electron chi connectivity index (χ3n) is 4.22. The molecule has 0 aliphatic heterocycles. The Morgan fingerprint density at radius 1 is 0.700 bits per heavy atom. The van der Waals surface area contributed by atoms with Crippen LogP contribution >= 0.6 is 0 Å². The Bertz CT molecular complexity index is 409. The van der Waals surface area contributed by atoms with Crippen LogP contribution in [-0.2, 0) is 23.8 Å². The minimum atomic E-state index is -3.98. The van der Waals surface area contributed by atoms with E-state index in [0.717, 1.165) is 19.3 Å². The van der Waals surface area contributed by atoms with Crippen LogP contribution < -0.4 is 0 Å². The predicted octanol–water partition coefficient (Wildman–Crippen LogP) is 2.40. The topological polar surface area (TPSA) is 126 Å². The van der Waals surface area contributed by atoms with Crippen LogP contribution in [0.25, 0.3) is 0 Å². The molecule has 0 aromatic rings. The molecule has 0 aliphatic carbocycles. The van der Waals surface area contributed by atoms with Crippen molar-refractivity contribution in [3.8, 4) is 0 Å². The lowest BCUT2D eigenvalue weighted by molar-refractivity contribution is -0.205. The average Bonchev–Trinajstić information content (AvgIpc) is 2.71. The maximum atomic E-state index is 11.1. The Labute approximate surface area is 183 Å². The van der Waals surface area contributed by atoms with Crippen molar-refractivity contribution in [3.63, 3.8) is 0 Å². The Morgan fingerprint density at radius 2 is 1.13 bits per heavy atom. The van der Waals surface area contributed by atoms with Gasteiger partial charge in [-0.2, -0.15) is 8.42 Å². The van der Waals surface area contributed by atoms with E-state index < -0.39 is 10.4 Å². The van der Waals surface area contributed by atoms with Crippen LogP contribution in [0.15, 0.2) is 0 Å². The van der Waals surface area contributed by atoms with Crippen LogP contribution in [-0.4, -0.2) is 81.3 Å². The molecule has 0 fully saturated rings. The van der Waals surface area contributed by atoms with Crippen molar-refractivity contribution in [3.05, 3.63) is 0 Å². The molecule has 10 heteroatoms. The van der Waals surface area contributed by atoms with Gasteiger partial charge in [0.05, 0.1) is 33.0 Å². The summed E-state index contributed by atoms with van der Waals surface area (Å²) in [6.45, 7) is 5.94. The van der Waals surface area contributed by atoms with Gasteiger partial charge in [-0.15, -0.1) is 0 Å². The summed E-state index contributed by atoms with van der Waals surface area (Å²) in [5.41, 5.74) is 0. The number of aliphatic hydroxyl groups excluding tert-OH is 3. The summed E-state index contributed by atoms with van der Waals surface area (Å²) >= 11 is 0. The van der Waals surface area contributed by atoms with Crippen LogP contribution in [0.5, 0.6) is 0 Å². The minimum absolute atomic E-state index is 0.0694. The van der Waals surface area contributed by atoms with E-state index in [9.17, 15) is 8.42 Å². The first-order chi connectivity index (χ1) is 14.5. The van der Waals surface area contributed by atoms with Gasteiger partial charge in [-0.05, 0) is 13.3 Å². The van der Waals surface area contributed by atoms with E-state index >= 15 is 0 Å². The highest BCUT2D eigenvalue weighted by atomic mass is 32.3. The van der Waals surface area contributed by atoms with E-state index in [-0.39, 0.29) is 33.0 Å². The predicted molar refractivity (Wildman–Crippen MR) is 117 cm³/mol. The van der Waals surface area contributed by atoms with Gasteiger partial charge >= 0.3 is 10.4 Å². The number of rotatable bonds is 21. The molecule has 0 unspecified atom stereocenters. The first-order valence-electron chi connectivity index (χ1n) is 11.2. The molecule has 0 atom stereocenters. The Balaban J connectivity index is 0. The number of unbranched alkanes of at least 4 members (excludes halogenated alkanes) is 9. The fourth-order valence-corrected chi connectivity index (χ4v) is 3.21. The van der Waals surface area contributed by atoms with Crippen LogP contribution in [0.2, 0.25) is 0 Å². The lowest BCUT2D eigenvalue weighted by atomic mass is 10.1. The highest BCUT2D eigenvalue weighted by Crippen LogP contribution is 2.10. The van der Waals surface area contributed by atoms with Crippen molar-refractivity contribution in [2.24, 2.45) is 0 Å². The van der Waals surface area contributed by atoms with Gasteiger partial charge in [-0.25, -0.2) is 9.07 Å². The second-order valence-corrected chi connectivity index (χ2v) is 8.09. The van der Waals surface area contributed by atoms with Gasteiger partial charge in [0.25, 0.3) is 0 Å². The molecule has 0 bridgehead atoms. The monoisotopic (exact) mass is 459 g/mol. The summed E-state index contributed by atoms with van der Waals surface area (Å²) in [4.78, 5) is 6.13. The summed E-state index contributed by atoms with van der Waals surface area (Å²) in [5.74, 6) is 0. The third kappa shape index (κ3) is 25.7. The third-order valence-corrected chi connectivity index (χ3v) is 4.94. The molecule has 0 saturated heterocycles. The summed E-state index contributed by atoms with van der Waals surface area (Å²) < 4.78 is 30.9. The highest BCUT2D eigenvalue weighted by molar-refractivity contribution is 7.81. The molecular formula is C20H45NO8S. The van der Waals surface area contributed by atoms with Gasteiger partial charge in [0.2, 0.25) is 0 Å². The van der Waals surface area contributed by atoms with E-state index in [4.69, 9.17) is 15.3 Å². The van der Waals surface area contributed by atoms with Crippen LogP contribution in [0.1, 0.15) is 78.1 Å². The standard InChI is InChI=1S/C14H30O5S.C6H15NO3/c1-3-5-6-7-8-9-10-11-12-13-14-18-20(15,16)19-17-4-2;8-4-1-7(2-5-9)3-6-10/h3-14H2,1-2H3;8-10H,1-6H2. The molecule has 184 valence electrons. The first kappa shape index (κ1) is 31.9. The van der Waals surface area contributed by atoms with Gasteiger partial charge in [0.1, 0.15) is 0 Å². The summed E-state index contributed by atoms with van der Waals surface area (Å²) in [7, 11) is -3.98. The molecular weight excluding hydrogens is 414 g/mol. The van der Waals surface area contributed by atoms with Gasteiger partial charge in [0, 0.05) is 19.6 Å². The quantitative estimate of drug-likeness (QED) is 0.135. The van der Waals surface area contributed by atoms with Gasteiger partial charge in [-0.3, -0.25) is 4.90 Å². The normalized spacial score (nSPS) is 11.5. The number of aliphatic hydroxyl groups is 3. The molecule has 0 heterocycles.